The van der Waals surface area contributed by atoms with Crippen LogP contribution in [0.5, 0.6) is 0 Å². The molecule has 4 nitrogen and oxygen atoms in total. The van der Waals surface area contributed by atoms with Crippen molar-refractivity contribution in [3.05, 3.63) is 23.6 Å². The van der Waals surface area contributed by atoms with Gasteiger partial charge in [0.2, 0.25) is 0 Å². The van der Waals surface area contributed by atoms with Crippen molar-refractivity contribution in [2.45, 2.75) is 144 Å². The summed E-state index contributed by atoms with van der Waals surface area (Å²) in [5.74, 6) is 0. The van der Waals surface area contributed by atoms with Crippen LogP contribution in [-0.4, -0.2) is 43.5 Å². The van der Waals surface area contributed by atoms with Gasteiger partial charge >= 0.3 is 17.1 Å². The highest BCUT2D eigenvalue weighted by molar-refractivity contribution is 6.73. The molecule has 0 aromatic carbocycles. The number of allylic oxidation sites excluding steroid dienone is 2. The second kappa shape index (κ2) is 25.1. The van der Waals surface area contributed by atoms with Gasteiger partial charge in [-0.15, -0.1) is 0 Å². The number of rotatable bonds is 27. The topological polar surface area (TPSA) is 36.9 Å². The van der Waals surface area contributed by atoms with Gasteiger partial charge in [0.05, 0.1) is 0 Å². The van der Waals surface area contributed by atoms with Crippen LogP contribution in [0.15, 0.2) is 23.6 Å². The van der Waals surface area contributed by atoms with Gasteiger partial charge in [-0.3, -0.25) is 0 Å². The minimum Gasteiger partial charge on any atom is -0.391 e. The molecule has 0 spiro atoms. The summed E-state index contributed by atoms with van der Waals surface area (Å²) in [5, 5.41) is 0. The average Bonchev–Trinajstić information content (AvgIpc) is 2.87. The first kappa shape index (κ1) is 35.8. The smallest absolute Gasteiger partial charge is 0.364 e. The molecule has 0 rings (SSSR count). The lowest BCUT2D eigenvalue weighted by molar-refractivity contribution is 0.169. The van der Waals surface area contributed by atoms with E-state index in [-0.39, 0.29) is 0 Å². The molecule has 0 radical (unpaired) electrons. The molecule has 6 heteroatoms. The number of hydrogen-bond donors (Lipinski definition) is 0. The van der Waals surface area contributed by atoms with Gasteiger partial charge in [0, 0.05) is 26.4 Å². The van der Waals surface area contributed by atoms with Crippen LogP contribution in [0.3, 0.4) is 0 Å². The predicted molar refractivity (Wildman–Crippen MR) is 162 cm³/mol. The molecule has 0 heterocycles. The molecule has 36 heavy (non-hydrogen) atoms. The van der Waals surface area contributed by atoms with E-state index in [0.717, 1.165) is 128 Å². The molecule has 0 aliphatic rings. The quantitative estimate of drug-likeness (QED) is 0.0764. The van der Waals surface area contributed by atoms with Crippen LogP contribution in [0.4, 0.5) is 0 Å². The third kappa shape index (κ3) is 18.1. The highest BCUT2D eigenvalue weighted by Gasteiger charge is 2.37. The van der Waals surface area contributed by atoms with Gasteiger partial charge < -0.3 is 17.7 Å². The summed E-state index contributed by atoms with van der Waals surface area (Å²) >= 11 is 0. The first-order valence-corrected chi connectivity index (χ1v) is 19.7. The van der Waals surface area contributed by atoms with Crippen LogP contribution >= 0.6 is 0 Å². The molecular formula is C30H62O4Si2. The zero-order chi connectivity index (χ0) is 26.8. The van der Waals surface area contributed by atoms with E-state index in [1.807, 2.05) is 0 Å². The summed E-state index contributed by atoms with van der Waals surface area (Å²) in [5.41, 5.74) is 4.70. The van der Waals surface area contributed by atoms with Gasteiger partial charge in [-0.25, -0.2) is 0 Å². The molecule has 0 bridgehead atoms. The fourth-order valence-corrected chi connectivity index (χ4v) is 9.85. The van der Waals surface area contributed by atoms with E-state index < -0.39 is 17.1 Å². The van der Waals surface area contributed by atoms with Crippen molar-refractivity contribution in [1.82, 2.24) is 0 Å². The normalized spacial score (nSPS) is 12.9. The SMILES string of the molecule is CCCC=C[Si](CCCC[Si](C=CCCC)(OCCCC)OCCCC)(OCCCC)OCCCC. The van der Waals surface area contributed by atoms with Gasteiger partial charge in [0.1, 0.15) is 0 Å². The molecule has 0 saturated heterocycles. The Balaban J connectivity index is 5.46. The van der Waals surface area contributed by atoms with Crippen LogP contribution in [-0.2, 0) is 17.7 Å². The fourth-order valence-electron chi connectivity index (χ4n) is 3.89. The molecule has 0 saturated carbocycles. The van der Waals surface area contributed by atoms with Gasteiger partial charge in [-0.2, -0.15) is 0 Å². The second-order valence-corrected chi connectivity index (χ2v) is 16.1. The number of unbranched alkanes of at least 4 members (excludes halogenated alkanes) is 7. The lowest BCUT2D eigenvalue weighted by Gasteiger charge is -2.30. The monoisotopic (exact) mass is 542 g/mol. The van der Waals surface area contributed by atoms with Gasteiger partial charge in [0.15, 0.2) is 0 Å². The Morgan fingerprint density at radius 3 is 0.972 bits per heavy atom. The molecule has 0 N–H and O–H groups in total. The molecule has 0 atom stereocenters. The third-order valence-electron chi connectivity index (χ3n) is 6.33. The van der Waals surface area contributed by atoms with E-state index in [9.17, 15) is 0 Å². The fraction of sp³-hybridized carbons (Fsp3) is 0.867. The van der Waals surface area contributed by atoms with Gasteiger partial charge in [-0.05, 0) is 62.0 Å². The minimum absolute atomic E-state index is 0.810. The van der Waals surface area contributed by atoms with Crippen molar-refractivity contribution >= 4 is 17.1 Å². The second-order valence-electron chi connectivity index (χ2n) is 10.0. The maximum Gasteiger partial charge on any atom is 0.364 e. The van der Waals surface area contributed by atoms with E-state index in [1.54, 1.807) is 0 Å². The standard InChI is InChI=1S/C30H62O4Si2/c1-7-13-19-27-35(31-23-15-9-3,32-24-16-10-4)29-21-22-30-36(28-20-14-8-2,33-25-17-11-5)34-26-18-12-6/h19-20,27-28H,7-18,21-26,29-30H2,1-6H3. The van der Waals surface area contributed by atoms with Crippen LogP contribution in [0, 0.1) is 0 Å². The Hall–Kier alpha value is -0.246. The Labute approximate surface area is 228 Å². The van der Waals surface area contributed by atoms with Crippen LogP contribution in [0.2, 0.25) is 12.1 Å². The maximum absolute atomic E-state index is 6.60. The van der Waals surface area contributed by atoms with E-state index in [1.165, 1.54) is 0 Å². The lowest BCUT2D eigenvalue weighted by atomic mass is 10.3. The van der Waals surface area contributed by atoms with Crippen molar-refractivity contribution in [3.8, 4) is 0 Å². The summed E-state index contributed by atoms with van der Waals surface area (Å²) in [6.45, 7) is 16.6. The van der Waals surface area contributed by atoms with Gasteiger partial charge in [0.25, 0.3) is 0 Å². The lowest BCUT2D eigenvalue weighted by Crippen LogP contribution is -2.42. The van der Waals surface area contributed by atoms with Crippen LogP contribution in [0.25, 0.3) is 0 Å². The molecule has 0 aliphatic heterocycles. The molecule has 0 aliphatic carbocycles. The number of hydrogen-bond acceptors (Lipinski definition) is 4. The Morgan fingerprint density at radius 1 is 0.417 bits per heavy atom. The van der Waals surface area contributed by atoms with Crippen molar-refractivity contribution in [2.24, 2.45) is 0 Å². The zero-order valence-corrected chi connectivity index (χ0v) is 27.1. The van der Waals surface area contributed by atoms with Crippen LogP contribution in [0.1, 0.15) is 131 Å². The van der Waals surface area contributed by atoms with Gasteiger partial charge in [-0.1, -0.05) is 105 Å². The van der Waals surface area contributed by atoms with Crippen molar-refractivity contribution in [3.63, 3.8) is 0 Å². The first-order chi connectivity index (χ1) is 17.6. The molecule has 0 fully saturated rings. The summed E-state index contributed by atoms with van der Waals surface area (Å²) < 4.78 is 26.4. The summed E-state index contributed by atoms with van der Waals surface area (Å²) in [6.07, 6.45) is 20.4. The molecule has 0 amide bonds. The van der Waals surface area contributed by atoms with E-state index in [2.05, 4.69) is 65.1 Å². The minimum atomic E-state index is -2.36. The Kier molecular flexibility index (Phi) is 24.9. The zero-order valence-electron chi connectivity index (χ0n) is 25.1. The molecule has 0 aromatic heterocycles. The first-order valence-electron chi connectivity index (χ1n) is 15.5. The molecule has 214 valence electrons. The van der Waals surface area contributed by atoms with Crippen molar-refractivity contribution in [2.75, 3.05) is 26.4 Å². The summed E-state index contributed by atoms with van der Waals surface area (Å²) in [7, 11) is -4.72. The average molecular weight is 543 g/mol. The largest absolute Gasteiger partial charge is 0.391 e. The molecule has 0 aromatic rings. The highest BCUT2D eigenvalue weighted by atomic mass is 28.4. The van der Waals surface area contributed by atoms with Crippen molar-refractivity contribution in [1.29, 1.82) is 0 Å². The van der Waals surface area contributed by atoms with E-state index in [4.69, 9.17) is 17.7 Å². The third-order valence-corrected chi connectivity index (χ3v) is 12.7. The Bertz CT molecular complexity index is 459. The maximum atomic E-state index is 6.60. The Morgan fingerprint density at radius 2 is 0.722 bits per heavy atom. The summed E-state index contributed by atoms with van der Waals surface area (Å²) in [6, 6.07) is 2.04. The summed E-state index contributed by atoms with van der Waals surface area (Å²) in [4.78, 5) is 0. The molecule has 0 unspecified atom stereocenters. The highest BCUT2D eigenvalue weighted by Crippen LogP contribution is 2.26. The predicted octanol–water partition coefficient (Wildman–Crippen LogP) is 9.71. The van der Waals surface area contributed by atoms with E-state index >= 15 is 0 Å². The van der Waals surface area contributed by atoms with Crippen LogP contribution < -0.4 is 0 Å². The van der Waals surface area contributed by atoms with Crippen molar-refractivity contribution < 1.29 is 17.7 Å². The molecular weight excluding hydrogens is 480 g/mol. The van der Waals surface area contributed by atoms with E-state index in [0.29, 0.717) is 0 Å².